The summed E-state index contributed by atoms with van der Waals surface area (Å²) in [5.41, 5.74) is 1.71. The summed E-state index contributed by atoms with van der Waals surface area (Å²) in [4.78, 5) is 11.5. The first-order valence-corrected chi connectivity index (χ1v) is 5.62. The SMILES string of the molecule is CCCC=C(C)C(=O)OCc1ccccc1. The van der Waals surface area contributed by atoms with Crippen molar-refractivity contribution >= 4 is 5.97 Å². The second kappa shape index (κ2) is 6.83. The van der Waals surface area contributed by atoms with Gasteiger partial charge in [0, 0.05) is 5.57 Å². The van der Waals surface area contributed by atoms with Gasteiger partial charge in [0.25, 0.3) is 0 Å². The number of carbonyl (C=O) groups excluding carboxylic acids is 1. The molecule has 0 aromatic heterocycles. The van der Waals surface area contributed by atoms with E-state index < -0.39 is 0 Å². The standard InChI is InChI=1S/C14H18O2/c1-3-4-8-12(2)14(15)16-11-13-9-6-5-7-10-13/h5-10H,3-4,11H2,1-2H3. The summed E-state index contributed by atoms with van der Waals surface area (Å²) in [5, 5.41) is 0. The third kappa shape index (κ3) is 4.30. The molecule has 0 radical (unpaired) electrons. The van der Waals surface area contributed by atoms with Crippen LogP contribution in [0.2, 0.25) is 0 Å². The molecule has 0 saturated carbocycles. The van der Waals surface area contributed by atoms with Crippen molar-refractivity contribution in [3.63, 3.8) is 0 Å². The Kier molecular flexibility index (Phi) is 5.34. The summed E-state index contributed by atoms with van der Waals surface area (Å²) in [6.45, 7) is 4.22. The first-order valence-electron chi connectivity index (χ1n) is 5.62. The average molecular weight is 218 g/mol. The van der Waals surface area contributed by atoms with E-state index in [2.05, 4.69) is 6.92 Å². The zero-order valence-electron chi connectivity index (χ0n) is 9.90. The van der Waals surface area contributed by atoms with E-state index in [0.29, 0.717) is 12.2 Å². The molecule has 0 amide bonds. The highest BCUT2D eigenvalue weighted by Gasteiger charge is 2.04. The van der Waals surface area contributed by atoms with Gasteiger partial charge in [0.2, 0.25) is 0 Å². The lowest BCUT2D eigenvalue weighted by molar-refractivity contribution is -0.140. The van der Waals surface area contributed by atoms with Gasteiger partial charge < -0.3 is 4.74 Å². The third-order valence-corrected chi connectivity index (χ3v) is 2.27. The van der Waals surface area contributed by atoms with Gasteiger partial charge in [-0.15, -0.1) is 0 Å². The molecule has 1 rings (SSSR count). The van der Waals surface area contributed by atoms with Crippen LogP contribution in [0.4, 0.5) is 0 Å². The number of rotatable bonds is 5. The summed E-state index contributed by atoms with van der Waals surface area (Å²) >= 11 is 0. The molecule has 0 atom stereocenters. The van der Waals surface area contributed by atoms with E-state index in [4.69, 9.17) is 4.74 Å². The van der Waals surface area contributed by atoms with Crippen molar-refractivity contribution in [2.75, 3.05) is 0 Å². The molecule has 0 fully saturated rings. The number of esters is 1. The van der Waals surface area contributed by atoms with E-state index in [9.17, 15) is 4.79 Å². The molecule has 0 spiro atoms. The van der Waals surface area contributed by atoms with E-state index in [0.717, 1.165) is 18.4 Å². The third-order valence-electron chi connectivity index (χ3n) is 2.27. The fraction of sp³-hybridized carbons (Fsp3) is 0.357. The van der Waals surface area contributed by atoms with Crippen LogP contribution in [0.5, 0.6) is 0 Å². The molecule has 0 aliphatic carbocycles. The number of allylic oxidation sites excluding steroid dienone is 1. The Morgan fingerprint density at radius 1 is 1.31 bits per heavy atom. The Labute approximate surface area is 96.9 Å². The Morgan fingerprint density at radius 2 is 2.00 bits per heavy atom. The van der Waals surface area contributed by atoms with E-state index in [1.54, 1.807) is 6.92 Å². The molecule has 2 heteroatoms. The lowest BCUT2D eigenvalue weighted by atomic mass is 10.2. The van der Waals surface area contributed by atoms with Crippen molar-refractivity contribution < 1.29 is 9.53 Å². The van der Waals surface area contributed by atoms with Gasteiger partial charge in [0.05, 0.1) is 0 Å². The molecule has 1 aromatic rings. The van der Waals surface area contributed by atoms with Gasteiger partial charge >= 0.3 is 5.97 Å². The molecule has 2 nitrogen and oxygen atoms in total. The maximum atomic E-state index is 11.5. The van der Waals surface area contributed by atoms with Crippen LogP contribution in [0.3, 0.4) is 0 Å². The number of benzene rings is 1. The molecule has 0 saturated heterocycles. The topological polar surface area (TPSA) is 26.3 Å². The molecule has 0 bridgehead atoms. The molecule has 1 aromatic carbocycles. The number of hydrogen-bond donors (Lipinski definition) is 0. The van der Waals surface area contributed by atoms with Crippen LogP contribution in [0.1, 0.15) is 32.3 Å². The molecule has 0 heterocycles. The van der Waals surface area contributed by atoms with Gasteiger partial charge in [-0.3, -0.25) is 0 Å². The van der Waals surface area contributed by atoms with E-state index >= 15 is 0 Å². The largest absolute Gasteiger partial charge is 0.457 e. The minimum absolute atomic E-state index is 0.225. The number of hydrogen-bond acceptors (Lipinski definition) is 2. The summed E-state index contributed by atoms with van der Waals surface area (Å²) < 4.78 is 5.18. The van der Waals surface area contributed by atoms with Gasteiger partial charge in [0.15, 0.2) is 0 Å². The van der Waals surface area contributed by atoms with Gasteiger partial charge in [-0.25, -0.2) is 4.79 Å². The fourth-order valence-electron chi connectivity index (χ4n) is 1.28. The summed E-state index contributed by atoms with van der Waals surface area (Å²) in [6.07, 6.45) is 3.89. The van der Waals surface area contributed by atoms with E-state index in [-0.39, 0.29) is 5.97 Å². The second-order valence-electron chi connectivity index (χ2n) is 3.74. The molecule has 0 unspecified atom stereocenters. The lowest BCUT2D eigenvalue weighted by Gasteiger charge is -2.04. The number of ether oxygens (including phenoxy) is 1. The number of carbonyl (C=O) groups is 1. The predicted molar refractivity (Wildman–Crippen MR) is 64.9 cm³/mol. The van der Waals surface area contributed by atoms with Crippen molar-refractivity contribution in [3.05, 3.63) is 47.5 Å². The van der Waals surface area contributed by atoms with E-state index in [1.807, 2.05) is 36.4 Å². The van der Waals surface area contributed by atoms with E-state index in [1.165, 1.54) is 0 Å². The van der Waals surface area contributed by atoms with Gasteiger partial charge in [-0.2, -0.15) is 0 Å². The molecule has 0 aliphatic heterocycles. The summed E-state index contributed by atoms with van der Waals surface area (Å²) in [5.74, 6) is -0.225. The fourth-order valence-corrected chi connectivity index (χ4v) is 1.28. The van der Waals surface area contributed by atoms with Crippen molar-refractivity contribution in [1.82, 2.24) is 0 Å². The monoisotopic (exact) mass is 218 g/mol. The Hall–Kier alpha value is -1.57. The van der Waals surface area contributed by atoms with Crippen molar-refractivity contribution in [3.8, 4) is 0 Å². The predicted octanol–water partition coefficient (Wildman–Crippen LogP) is 3.48. The molecular formula is C14H18O2. The first-order chi connectivity index (χ1) is 7.74. The first kappa shape index (κ1) is 12.5. The average Bonchev–Trinajstić information content (AvgIpc) is 2.34. The quantitative estimate of drug-likeness (QED) is 0.558. The molecule has 0 aliphatic rings. The molecular weight excluding hydrogens is 200 g/mol. The lowest BCUT2D eigenvalue weighted by Crippen LogP contribution is -2.05. The molecule has 16 heavy (non-hydrogen) atoms. The highest BCUT2D eigenvalue weighted by molar-refractivity contribution is 5.87. The normalized spacial score (nSPS) is 11.2. The van der Waals surface area contributed by atoms with Crippen molar-refractivity contribution in [2.24, 2.45) is 0 Å². The van der Waals surface area contributed by atoms with Crippen molar-refractivity contribution in [1.29, 1.82) is 0 Å². The highest BCUT2D eigenvalue weighted by atomic mass is 16.5. The zero-order valence-corrected chi connectivity index (χ0v) is 9.90. The minimum atomic E-state index is -0.225. The minimum Gasteiger partial charge on any atom is -0.457 e. The smallest absolute Gasteiger partial charge is 0.333 e. The second-order valence-corrected chi connectivity index (χ2v) is 3.74. The van der Waals surface area contributed by atoms with Gasteiger partial charge in [0.1, 0.15) is 6.61 Å². The van der Waals surface area contributed by atoms with Crippen LogP contribution in [0, 0.1) is 0 Å². The highest BCUT2D eigenvalue weighted by Crippen LogP contribution is 2.05. The zero-order chi connectivity index (χ0) is 11.8. The summed E-state index contributed by atoms with van der Waals surface area (Å²) in [6, 6.07) is 9.69. The van der Waals surface area contributed by atoms with Crippen LogP contribution in [-0.2, 0) is 16.1 Å². The van der Waals surface area contributed by atoms with Crippen LogP contribution >= 0.6 is 0 Å². The Morgan fingerprint density at radius 3 is 2.62 bits per heavy atom. The van der Waals surface area contributed by atoms with Crippen LogP contribution in [-0.4, -0.2) is 5.97 Å². The Bertz CT molecular complexity index is 352. The van der Waals surface area contributed by atoms with Gasteiger partial charge in [-0.1, -0.05) is 49.8 Å². The molecule has 0 N–H and O–H groups in total. The van der Waals surface area contributed by atoms with Crippen molar-refractivity contribution in [2.45, 2.75) is 33.3 Å². The summed E-state index contributed by atoms with van der Waals surface area (Å²) in [7, 11) is 0. The van der Waals surface area contributed by atoms with Crippen LogP contribution in [0.25, 0.3) is 0 Å². The van der Waals surface area contributed by atoms with Crippen LogP contribution < -0.4 is 0 Å². The number of unbranched alkanes of at least 4 members (excludes halogenated alkanes) is 1. The Balaban J connectivity index is 2.41. The van der Waals surface area contributed by atoms with Crippen LogP contribution in [0.15, 0.2) is 42.0 Å². The maximum absolute atomic E-state index is 11.5. The van der Waals surface area contributed by atoms with Gasteiger partial charge in [-0.05, 0) is 18.9 Å². The molecule has 86 valence electrons. The maximum Gasteiger partial charge on any atom is 0.333 e.